The number of hydrogen-bond acceptors (Lipinski definition) is 4. The molecule has 1 fully saturated rings. The van der Waals surface area contributed by atoms with Crippen LogP contribution in [-0.2, 0) is 34.3 Å². The molecule has 0 aliphatic heterocycles. The Balaban J connectivity index is 1.36. The lowest BCUT2D eigenvalue weighted by atomic mass is 9.85. The van der Waals surface area contributed by atoms with Crippen molar-refractivity contribution in [3.05, 3.63) is 113 Å². The first-order chi connectivity index (χ1) is 20.0. The van der Waals surface area contributed by atoms with Crippen LogP contribution < -0.4 is 9.62 Å². The molecule has 0 spiro atoms. The summed E-state index contributed by atoms with van der Waals surface area (Å²) >= 11 is 0. The number of carbonyl (C=O) groups excluding carboxylic acids is 1. The van der Waals surface area contributed by atoms with Crippen molar-refractivity contribution in [2.45, 2.75) is 55.5 Å². The summed E-state index contributed by atoms with van der Waals surface area (Å²) in [5, 5.41) is 0. The predicted molar refractivity (Wildman–Crippen MR) is 155 cm³/mol. The summed E-state index contributed by atoms with van der Waals surface area (Å²) in [6, 6.07) is 19.7. The number of benzene rings is 3. The van der Waals surface area contributed by atoms with Gasteiger partial charge in [0.25, 0.3) is 5.92 Å². The van der Waals surface area contributed by atoms with E-state index in [1.165, 1.54) is 24.3 Å². The lowest BCUT2D eigenvalue weighted by Gasteiger charge is -2.33. The molecule has 10 heteroatoms. The minimum atomic E-state index is -3.98. The number of imidazole rings is 1. The third kappa shape index (κ3) is 5.48. The van der Waals surface area contributed by atoms with E-state index in [0.29, 0.717) is 17.9 Å². The number of aromatic nitrogens is 2. The number of hydrogen-bond donors (Lipinski definition) is 1. The number of aryl methyl sites for hydroxylation is 2. The van der Waals surface area contributed by atoms with Crippen molar-refractivity contribution in [1.29, 1.82) is 0 Å². The molecule has 0 radical (unpaired) electrons. The first-order valence-corrected chi connectivity index (χ1v) is 15.5. The summed E-state index contributed by atoms with van der Waals surface area (Å²) in [5.41, 5.74) is 2.37. The molecule has 1 aromatic heterocycles. The maximum Gasteiger partial charge on any atom is 0.273 e. The molecule has 1 saturated carbocycles. The Morgan fingerprint density at radius 1 is 1.10 bits per heavy atom. The molecule has 0 saturated heterocycles. The van der Waals surface area contributed by atoms with E-state index in [4.69, 9.17) is 0 Å². The van der Waals surface area contributed by atoms with Crippen LogP contribution in [0.15, 0.2) is 90.1 Å². The van der Waals surface area contributed by atoms with E-state index in [1.807, 2.05) is 48.9 Å². The number of halogens is 2. The zero-order valence-electron chi connectivity index (χ0n) is 23.4. The van der Waals surface area contributed by atoms with Gasteiger partial charge in [0.15, 0.2) is 0 Å². The Hall–Kier alpha value is -3.89. The van der Waals surface area contributed by atoms with Crippen molar-refractivity contribution < 1.29 is 22.0 Å². The third-order valence-electron chi connectivity index (χ3n) is 8.31. The zero-order valence-corrected chi connectivity index (χ0v) is 24.2. The number of sulfonamides is 1. The van der Waals surface area contributed by atoms with Gasteiger partial charge < -0.3 is 9.47 Å². The third-order valence-corrected chi connectivity index (χ3v) is 9.80. The highest BCUT2D eigenvalue weighted by Crippen LogP contribution is 2.50. The standard InChI is InChI=1S/C32H32F2N4O3S/c1-21-8-11-24(12-9-21)42(40,41)36-29-14-15-32(33,34)28-13-10-23(18-27(28)29)38(20-30-35-16-17-37(30)2)31(39)26-19-25(26)22-6-4-3-5-7-22/h3-13,16-18,25-26,29,36H,14-15,19-20H2,1-2H3/t25-,26-,29-/m1/s1. The molecule has 1 amide bonds. The number of fused-ring (bicyclic) bond motifs is 1. The number of alkyl halides is 2. The summed E-state index contributed by atoms with van der Waals surface area (Å²) in [6.07, 6.45) is 3.55. The lowest BCUT2D eigenvalue weighted by Crippen LogP contribution is -2.36. The molecule has 1 N–H and O–H groups in total. The van der Waals surface area contributed by atoms with Gasteiger partial charge in [-0.1, -0.05) is 54.1 Å². The summed E-state index contributed by atoms with van der Waals surface area (Å²) < 4.78 is 61.2. The topological polar surface area (TPSA) is 84.3 Å². The van der Waals surface area contributed by atoms with E-state index in [2.05, 4.69) is 9.71 Å². The van der Waals surface area contributed by atoms with Gasteiger partial charge in [-0.25, -0.2) is 26.9 Å². The van der Waals surface area contributed by atoms with Crippen LogP contribution >= 0.6 is 0 Å². The molecule has 4 aromatic rings. The van der Waals surface area contributed by atoms with E-state index < -0.39 is 28.4 Å². The van der Waals surface area contributed by atoms with E-state index in [1.54, 1.807) is 35.5 Å². The summed E-state index contributed by atoms with van der Waals surface area (Å²) in [6.45, 7) is 2.00. The monoisotopic (exact) mass is 590 g/mol. The highest BCUT2D eigenvalue weighted by atomic mass is 32.2. The average molecular weight is 591 g/mol. The molecular weight excluding hydrogens is 558 g/mol. The van der Waals surface area contributed by atoms with Crippen molar-refractivity contribution in [1.82, 2.24) is 14.3 Å². The normalized spacial score (nSPS) is 21.0. The van der Waals surface area contributed by atoms with E-state index in [-0.39, 0.29) is 46.7 Å². The first kappa shape index (κ1) is 28.2. The van der Waals surface area contributed by atoms with Gasteiger partial charge in [0.1, 0.15) is 5.82 Å². The summed E-state index contributed by atoms with van der Waals surface area (Å²) in [5.74, 6) is -2.77. The van der Waals surface area contributed by atoms with Gasteiger partial charge in [-0.05, 0) is 61.1 Å². The fourth-order valence-electron chi connectivity index (χ4n) is 5.77. The van der Waals surface area contributed by atoms with E-state index >= 15 is 8.78 Å². The maximum absolute atomic E-state index is 15.1. The van der Waals surface area contributed by atoms with Gasteiger partial charge in [0, 0.05) is 49.1 Å². The van der Waals surface area contributed by atoms with Gasteiger partial charge in [0.05, 0.1) is 11.4 Å². The van der Waals surface area contributed by atoms with Crippen LogP contribution in [0, 0.1) is 12.8 Å². The van der Waals surface area contributed by atoms with Crippen LogP contribution in [0.3, 0.4) is 0 Å². The molecular formula is C32H32F2N4O3S. The smallest absolute Gasteiger partial charge is 0.273 e. The summed E-state index contributed by atoms with van der Waals surface area (Å²) in [7, 11) is -2.15. The Kier molecular flexibility index (Phi) is 7.22. The number of amides is 1. The van der Waals surface area contributed by atoms with Crippen LogP contribution in [0.5, 0.6) is 0 Å². The van der Waals surface area contributed by atoms with E-state index in [9.17, 15) is 13.2 Å². The van der Waals surface area contributed by atoms with Gasteiger partial charge in [-0.2, -0.15) is 0 Å². The van der Waals surface area contributed by atoms with Crippen molar-refractivity contribution in [2.24, 2.45) is 13.0 Å². The highest BCUT2D eigenvalue weighted by Gasteiger charge is 2.47. The molecule has 42 heavy (non-hydrogen) atoms. The van der Waals surface area contributed by atoms with Gasteiger partial charge >= 0.3 is 0 Å². The number of nitrogens with zero attached hydrogens (tertiary/aromatic N) is 3. The number of carbonyl (C=O) groups is 1. The van der Waals surface area contributed by atoms with Crippen molar-refractivity contribution in [3.63, 3.8) is 0 Å². The maximum atomic E-state index is 15.1. The second-order valence-electron chi connectivity index (χ2n) is 11.2. The number of nitrogens with one attached hydrogen (secondary N) is 1. The highest BCUT2D eigenvalue weighted by molar-refractivity contribution is 7.89. The Morgan fingerprint density at radius 2 is 1.83 bits per heavy atom. The molecule has 3 atom stereocenters. The van der Waals surface area contributed by atoms with Crippen LogP contribution in [0.2, 0.25) is 0 Å². The molecule has 2 aliphatic rings. The number of anilines is 1. The lowest BCUT2D eigenvalue weighted by molar-refractivity contribution is -0.120. The molecule has 1 heterocycles. The molecule has 0 unspecified atom stereocenters. The van der Waals surface area contributed by atoms with Gasteiger partial charge in [0.2, 0.25) is 15.9 Å². The van der Waals surface area contributed by atoms with Gasteiger partial charge in [-0.15, -0.1) is 0 Å². The van der Waals surface area contributed by atoms with Crippen LogP contribution in [0.4, 0.5) is 14.5 Å². The fourth-order valence-corrected chi connectivity index (χ4v) is 7.02. The Morgan fingerprint density at radius 3 is 2.52 bits per heavy atom. The van der Waals surface area contributed by atoms with E-state index in [0.717, 1.165) is 11.1 Å². The number of rotatable bonds is 8. The SMILES string of the molecule is Cc1ccc(S(=O)(=O)N[C@@H]2CCC(F)(F)c3ccc(N(Cc4nccn4C)C(=O)[C@@H]4C[C@@H]4c4ccccc4)cc32)cc1. The first-order valence-electron chi connectivity index (χ1n) is 14.0. The Labute approximate surface area is 244 Å². The van der Waals surface area contributed by atoms with Crippen molar-refractivity contribution in [2.75, 3.05) is 4.90 Å². The summed E-state index contributed by atoms with van der Waals surface area (Å²) in [4.78, 5) is 20.0. The second kappa shape index (κ2) is 10.7. The predicted octanol–water partition coefficient (Wildman–Crippen LogP) is 5.97. The van der Waals surface area contributed by atoms with Crippen molar-refractivity contribution >= 4 is 21.6 Å². The van der Waals surface area contributed by atoms with Crippen LogP contribution in [0.1, 0.15) is 59.3 Å². The molecule has 7 nitrogen and oxygen atoms in total. The molecule has 3 aromatic carbocycles. The van der Waals surface area contributed by atoms with Crippen molar-refractivity contribution in [3.8, 4) is 0 Å². The average Bonchev–Trinajstić information content (AvgIpc) is 3.68. The minimum absolute atomic E-state index is 0.0652. The van der Waals surface area contributed by atoms with Crippen LogP contribution in [-0.4, -0.2) is 23.9 Å². The Bertz CT molecular complexity index is 1720. The molecule has 218 valence electrons. The fraction of sp³-hybridized carbons (Fsp3) is 0.312. The second-order valence-corrected chi connectivity index (χ2v) is 13.0. The van der Waals surface area contributed by atoms with Crippen LogP contribution in [0.25, 0.3) is 0 Å². The molecule has 6 rings (SSSR count). The largest absolute Gasteiger partial charge is 0.337 e. The molecule has 0 bridgehead atoms. The minimum Gasteiger partial charge on any atom is -0.337 e. The van der Waals surface area contributed by atoms with Gasteiger partial charge in [-0.3, -0.25) is 4.79 Å². The quantitative estimate of drug-likeness (QED) is 0.274. The zero-order chi connectivity index (χ0) is 29.6. The molecule has 2 aliphatic carbocycles.